The van der Waals surface area contributed by atoms with Crippen LogP contribution in [0.4, 0.5) is 5.69 Å². The third-order valence-corrected chi connectivity index (χ3v) is 4.04. The fraction of sp³-hybridized carbons (Fsp3) is 0.400. The van der Waals surface area contributed by atoms with Crippen molar-refractivity contribution in [2.24, 2.45) is 0 Å². The summed E-state index contributed by atoms with van der Waals surface area (Å²) in [7, 11) is -3.28. The number of hydrogen-bond donors (Lipinski definition) is 1. The Kier molecular flexibility index (Phi) is 4.19. The summed E-state index contributed by atoms with van der Waals surface area (Å²) < 4.78 is 22.6. The van der Waals surface area contributed by atoms with E-state index in [0.29, 0.717) is 5.56 Å². The zero-order valence-electron chi connectivity index (χ0n) is 9.24. The predicted octanol–water partition coefficient (Wildman–Crippen LogP) is 1.06. The number of sulfone groups is 1. The number of aliphatic hydroxyl groups is 1. The maximum Gasteiger partial charge on any atom is 0.269 e. The fourth-order valence-corrected chi connectivity index (χ4v) is 2.18. The van der Waals surface area contributed by atoms with Gasteiger partial charge in [-0.05, 0) is 17.7 Å². The first-order valence-corrected chi connectivity index (χ1v) is 6.80. The third-order valence-electron chi connectivity index (χ3n) is 2.34. The van der Waals surface area contributed by atoms with Crippen LogP contribution < -0.4 is 0 Å². The summed E-state index contributed by atoms with van der Waals surface area (Å²) in [6.45, 7) is 1.50. The minimum absolute atomic E-state index is 0.0446. The second kappa shape index (κ2) is 5.24. The maximum atomic E-state index is 11.3. The molecule has 0 aromatic heterocycles. The van der Waals surface area contributed by atoms with Crippen LogP contribution in [0.25, 0.3) is 0 Å². The molecule has 0 amide bonds. The van der Waals surface area contributed by atoms with Crippen molar-refractivity contribution < 1.29 is 18.4 Å². The summed E-state index contributed by atoms with van der Waals surface area (Å²) in [5.74, 6) is -0.418. The van der Waals surface area contributed by atoms with Crippen LogP contribution in [0.3, 0.4) is 0 Å². The lowest BCUT2D eigenvalue weighted by Crippen LogP contribution is -2.16. The van der Waals surface area contributed by atoms with E-state index in [1.54, 1.807) is 0 Å². The molecule has 0 saturated carbocycles. The van der Waals surface area contributed by atoms with Gasteiger partial charge in [0.25, 0.3) is 5.69 Å². The molecule has 0 aliphatic heterocycles. The summed E-state index contributed by atoms with van der Waals surface area (Å²) in [6.07, 6.45) is -1.15. The van der Waals surface area contributed by atoms with Gasteiger partial charge in [0.1, 0.15) is 0 Å². The lowest BCUT2D eigenvalue weighted by molar-refractivity contribution is -0.384. The van der Waals surface area contributed by atoms with Gasteiger partial charge in [0.05, 0.1) is 16.8 Å². The highest BCUT2D eigenvalue weighted by Crippen LogP contribution is 2.19. The first-order valence-electron chi connectivity index (χ1n) is 4.98. The average molecular weight is 259 g/mol. The van der Waals surface area contributed by atoms with Crippen molar-refractivity contribution in [3.8, 4) is 0 Å². The number of nitrogens with zero attached hydrogens (tertiary/aromatic N) is 1. The Bertz CT molecular complexity index is 494. The fourth-order valence-electron chi connectivity index (χ4n) is 1.27. The summed E-state index contributed by atoms with van der Waals surface area (Å²) in [4.78, 5) is 9.85. The number of hydrogen-bond acceptors (Lipinski definition) is 5. The second-order valence-corrected chi connectivity index (χ2v) is 5.96. The molecule has 0 fully saturated rings. The van der Waals surface area contributed by atoms with Crippen LogP contribution in [0.2, 0.25) is 0 Å². The quantitative estimate of drug-likeness (QED) is 0.630. The molecule has 0 unspecified atom stereocenters. The van der Waals surface area contributed by atoms with Gasteiger partial charge < -0.3 is 5.11 Å². The molecule has 17 heavy (non-hydrogen) atoms. The third kappa shape index (κ3) is 3.79. The SMILES string of the molecule is CCS(=O)(=O)C[C@H](O)c1ccc([N+](=O)[O-])cc1. The second-order valence-electron chi connectivity index (χ2n) is 3.56. The van der Waals surface area contributed by atoms with Crippen LogP contribution in [0.1, 0.15) is 18.6 Å². The molecule has 94 valence electrons. The Hall–Kier alpha value is -1.47. The van der Waals surface area contributed by atoms with E-state index in [2.05, 4.69) is 0 Å². The van der Waals surface area contributed by atoms with E-state index >= 15 is 0 Å². The molecular weight excluding hydrogens is 246 g/mol. The van der Waals surface area contributed by atoms with E-state index in [-0.39, 0.29) is 17.2 Å². The zero-order chi connectivity index (χ0) is 13.1. The molecule has 0 bridgehead atoms. The molecule has 7 heteroatoms. The molecule has 0 spiro atoms. The Morgan fingerprint density at radius 3 is 2.29 bits per heavy atom. The van der Waals surface area contributed by atoms with Crippen molar-refractivity contribution in [3.05, 3.63) is 39.9 Å². The van der Waals surface area contributed by atoms with Gasteiger partial charge in [-0.1, -0.05) is 6.92 Å². The monoisotopic (exact) mass is 259 g/mol. The Balaban J connectivity index is 2.83. The molecule has 0 aliphatic rings. The predicted molar refractivity (Wildman–Crippen MR) is 62.4 cm³/mol. The van der Waals surface area contributed by atoms with Crippen molar-refractivity contribution >= 4 is 15.5 Å². The van der Waals surface area contributed by atoms with Gasteiger partial charge in [0.15, 0.2) is 9.84 Å². The topological polar surface area (TPSA) is 97.5 Å². The summed E-state index contributed by atoms with van der Waals surface area (Å²) >= 11 is 0. The van der Waals surface area contributed by atoms with Crippen LogP contribution >= 0.6 is 0 Å². The molecule has 0 saturated heterocycles. The molecule has 1 rings (SSSR count). The number of non-ortho nitro benzene ring substituents is 1. The van der Waals surface area contributed by atoms with Crippen molar-refractivity contribution in [2.75, 3.05) is 11.5 Å². The Morgan fingerprint density at radius 2 is 1.88 bits per heavy atom. The van der Waals surface area contributed by atoms with E-state index < -0.39 is 20.9 Å². The molecule has 1 atom stereocenters. The van der Waals surface area contributed by atoms with Crippen LogP contribution in [-0.2, 0) is 9.84 Å². The minimum atomic E-state index is -3.28. The first-order chi connectivity index (χ1) is 7.85. The van der Waals surface area contributed by atoms with Crippen LogP contribution in [0.15, 0.2) is 24.3 Å². The Labute approximate surface area is 99.0 Å². The smallest absolute Gasteiger partial charge is 0.269 e. The molecule has 1 aromatic rings. The van der Waals surface area contributed by atoms with Gasteiger partial charge >= 0.3 is 0 Å². The largest absolute Gasteiger partial charge is 0.387 e. The average Bonchev–Trinajstić information content (AvgIpc) is 2.28. The number of aliphatic hydroxyl groups excluding tert-OH is 1. The van der Waals surface area contributed by atoms with Gasteiger partial charge in [0, 0.05) is 17.9 Å². The van der Waals surface area contributed by atoms with Crippen molar-refractivity contribution in [1.29, 1.82) is 0 Å². The molecule has 0 aliphatic carbocycles. The summed E-state index contributed by atoms with van der Waals surface area (Å²) in [5.41, 5.74) is 0.256. The first kappa shape index (κ1) is 13.6. The highest BCUT2D eigenvalue weighted by molar-refractivity contribution is 7.91. The molecule has 1 aromatic carbocycles. The molecule has 0 radical (unpaired) electrons. The van der Waals surface area contributed by atoms with Crippen molar-refractivity contribution in [3.63, 3.8) is 0 Å². The molecule has 0 heterocycles. The van der Waals surface area contributed by atoms with Gasteiger partial charge in [-0.15, -0.1) is 0 Å². The number of benzene rings is 1. The van der Waals surface area contributed by atoms with Crippen molar-refractivity contribution in [2.45, 2.75) is 13.0 Å². The standard InChI is InChI=1S/C10H13NO5S/c1-2-17(15,16)7-10(12)8-3-5-9(6-4-8)11(13)14/h3-6,10,12H,2,7H2,1H3/t10-/m0/s1. The van der Waals surface area contributed by atoms with Crippen LogP contribution in [0, 0.1) is 10.1 Å². The zero-order valence-corrected chi connectivity index (χ0v) is 10.1. The summed E-state index contributed by atoms with van der Waals surface area (Å²) in [6, 6.07) is 5.18. The van der Waals surface area contributed by atoms with Gasteiger partial charge in [-0.3, -0.25) is 10.1 Å². The van der Waals surface area contributed by atoms with Crippen LogP contribution in [-0.4, -0.2) is 30.0 Å². The van der Waals surface area contributed by atoms with E-state index in [1.807, 2.05) is 0 Å². The minimum Gasteiger partial charge on any atom is -0.387 e. The van der Waals surface area contributed by atoms with E-state index in [0.717, 1.165) is 0 Å². The molecule has 6 nitrogen and oxygen atoms in total. The Morgan fingerprint density at radius 1 is 1.35 bits per heavy atom. The van der Waals surface area contributed by atoms with E-state index in [1.165, 1.54) is 31.2 Å². The number of rotatable bonds is 5. The number of nitro benzene ring substituents is 1. The molecular formula is C10H13NO5S. The lowest BCUT2D eigenvalue weighted by Gasteiger charge is -2.10. The van der Waals surface area contributed by atoms with E-state index in [4.69, 9.17) is 0 Å². The normalized spacial score (nSPS) is 13.3. The van der Waals surface area contributed by atoms with Gasteiger partial charge in [-0.25, -0.2) is 8.42 Å². The van der Waals surface area contributed by atoms with Gasteiger partial charge in [-0.2, -0.15) is 0 Å². The maximum absolute atomic E-state index is 11.3. The molecule has 1 N–H and O–H groups in total. The van der Waals surface area contributed by atoms with Crippen LogP contribution in [0.5, 0.6) is 0 Å². The lowest BCUT2D eigenvalue weighted by atomic mass is 10.1. The highest BCUT2D eigenvalue weighted by Gasteiger charge is 2.17. The van der Waals surface area contributed by atoms with Crippen molar-refractivity contribution in [1.82, 2.24) is 0 Å². The van der Waals surface area contributed by atoms with E-state index in [9.17, 15) is 23.6 Å². The highest BCUT2D eigenvalue weighted by atomic mass is 32.2. The number of nitro groups is 1. The summed E-state index contributed by atoms with van der Waals surface area (Å²) in [5, 5.41) is 20.1. The van der Waals surface area contributed by atoms with Gasteiger partial charge in [0.2, 0.25) is 0 Å².